The summed E-state index contributed by atoms with van der Waals surface area (Å²) in [6.07, 6.45) is 7.86. The summed E-state index contributed by atoms with van der Waals surface area (Å²) in [6.45, 7) is 10.8. The lowest BCUT2D eigenvalue weighted by Crippen LogP contribution is -2.00. The van der Waals surface area contributed by atoms with E-state index in [0.717, 1.165) is 16.9 Å². The Bertz CT molecular complexity index is 652. The quantitative estimate of drug-likeness (QED) is 0.495. The van der Waals surface area contributed by atoms with Gasteiger partial charge in [0.05, 0.1) is 0 Å². The summed E-state index contributed by atoms with van der Waals surface area (Å²) in [6, 6.07) is 15.2. The highest BCUT2D eigenvalue weighted by Crippen LogP contribution is 2.23. The maximum absolute atomic E-state index is 4.21. The molecule has 0 aromatic heterocycles. The van der Waals surface area contributed by atoms with Gasteiger partial charge in [-0.25, -0.2) is 0 Å². The van der Waals surface area contributed by atoms with E-state index in [1.807, 2.05) is 0 Å². The van der Waals surface area contributed by atoms with Gasteiger partial charge in [0.1, 0.15) is 0 Å². The molecular formula is C23H31N. The molecule has 0 atom stereocenters. The Morgan fingerprint density at radius 3 is 2.33 bits per heavy atom. The third kappa shape index (κ3) is 5.26. The Kier molecular flexibility index (Phi) is 7.11. The number of unbranched alkanes of at least 4 members (excludes halogenated alkanes) is 4. The van der Waals surface area contributed by atoms with E-state index in [1.165, 1.54) is 55.2 Å². The van der Waals surface area contributed by atoms with Crippen LogP contribution in [-0.4, -0.2) is 0 Å². The lowest BCUT2D eigenvalue weighted by atomic mass is 10.0. The van der Waals surface area contributed by atoms with Gasteiger partial charge in [-0.1, -0.05) is 75.6 Å². The highest BCUT2D eigenvalue weighted by molar-refractivity contribution is 5.77. The minimum atomic E-state index is 0.957. The lowest BCUT2D eigenvalue weighted by molar-refractivity contribution is 0.632. The van der Waals surface area contributed by atoms with Gasteiger partial charge in [0.2, 0.25) is 0 Å². The van der Waals surface area contributed by atoms with E-state index in [0.29, 0.717) is 0 Å². The number of aryl methyl sites for hydroxylation is 2. The largest absolute Gasteiger partial charge is 0.355 e. The van der Waals surface area contributed by atoms with Crippen LogP contribution in [0.1, 0.15) is 61.3 Å². The first-order valence-corrected chi connectivity index (χ1v) is 9.23. The fourth-order valence-electron chi connectivity index (χ4n) is 2.93. The highest BCUT2D eigenvalue weighted by atomic mass is 14.9. The van der Waals surface area contributed by atoms with E-state index in [4.69, 9.17) is 0 Å². The fourth-order valence-corrected chi connectivity index (χ4v) is 2.93. The average molecular weight is 322 g/mol. The predicted molar refractivity (Wildman–Crippen MR) is 107 cm³/mol. The van der Waals surface area contributed by atoms with Crippen LogP contribution in [0.4, 0.5) is 5.69 Å². The first kappa shape index (κ1) is 18.3. The lowest BCUT2D eigenvalue weighted by Gasteiger charge is -2.14. The van der Waals surface area contributed by atoms with Crippen molar-refractivity contribution in [3.8, 4) is 0 Å². The Hall–Kier alpha value is -2.02. The zero-order valence-corrected chi connectivity index (χ0v) is 15.5. The van der Waals surface area contributed by atoms with Crippen molar-refractivity contribution < 1.29 is 0 Å². The van der Waals surface area contributed by atoms with Crippen molar-refractivity contribution in [2.24, 2.45) is 0 Å². The van der Waals surface area contributed by atoms with Crippen LogP contribution in [0.3, 0.4) is 0 Å². The van der Waals surface area contributed by atoms with Gasteiger partial charge in [-0.15, -0.1) is 0 Å². The van der Waals surface area contributed by atoms with E-state index < -0.39 is 0 Å². The standard InChI is InChI=1S/C23H31N/c1-5-6-7-8-9-12-21-14-16-22(17-15-21)20(4)24-23-13-10-11-18(2)19(23)3/h10-11,13-17,24H,4-9,12H2,1-3H3. The number of hydrogen-bond acceptors (Lipinski definition) is 1. The van der Waals surface area contributed by atoms with E-state index in [-0.39, 0.29) is 0 Å². The smallest absolute Gasteiger partial charge is 0.0416 e. The number of hydrogen-bond donors (Lipinski definition) is 1. The summed E-state index contributed by atoms with van der Waals surface area (Å²) in [5.74, 6) is 0. The Labute approximate surface area is 147 Å². The van der Waals surface area contributed by atoms with Crippen LogP contribution in [-0.2, 0) is 6.42 Å². The normalized spacial score (nSPS) is 10.6. The minimum Gasteiger partial charge on any atom is -0.355 e. The monoisotopic (exact) mass is 321 g/mol. The van der Waals surface area contributed by atoms with Gasteiger partial charge < -0.3 is 5.32 Å². The Morgan fingerprint density at radius 2 is 1.62 bits per heavy atom. The molecule has 0 bridgehead atoms. The average Bonchev–Trinajstić information content (AvgIpc) is 2.59. The topological polar surface area (TPSA) is 12.0 Å². The summed E-state index contributed by atoms with van der Waals surface area (Å²) in [5, 5.41) is 3.46. The minimum absolute atomic E-state index is 0.957. The summed E-state index contributed by atoms with van der Waals surface area (Å²) in [4.78, 5) is 0. The van der Waals surface area contributed by atoms with Gasteiger partial charge in [-0.3, -0.25) is 0 Å². The fraction of sp³-hybridized carbons (Fsp3) is 0.391. The maximum atomic E-state index is 4.21. The van der Waals surface area contributed by atoms with Gasteiger partial charge in [0, 0.05) is 11.4 Å². The summed E-state index contributed by atoms with van der Waals surface area (Å²) in [7, 11) is 0. The van der Waals surface area contributed by atoms with E-state index in [2.05, 4.69) is 75.1 Å². The van der Waals surface area contributed by atoms with Crippen LogP contribution in [0.2, 0.25) is 0 Å². The van der Waals surface area contributed by atoms with Crippen LogP contribution in [0.15, 0.2) is 49.0 Å². The Balaban J connectivity index is 1.90. The molecule has 0 aliphatic rings. The van der Waals surface area contributed by atoms with Gasteiger partial charge in [0.15, 0.2) is 0 Å². The molecule has 0 saturated carbocycles. The van der Waals surface area contributed by atoms with Crippen LogP contribution < -0.4 is 5.32 Å². The SMILES string of the molecule is C=C(Nc1cccc(C)c1C)c1ccc(CCCCCCC)cc1. The second-order valence-corrected chi connectivity index (χ2v) is 6.71. The first-order chi connectivity index (χ1) is 11.6. The highest BCUT2D eigenvalue weighted by Gasteiger charge is 2.04. The molecule has 2 aromatic carbocycles. The molecule has 0 spiro atoms. The second kappa shape index (κ2) is 9.32. The summed E-state index contributed by atoms with van der Waals surface area (Å²) < 4.78 is 0. The molecule has 0 amide bonds. The molecule has 0 aliphatic heterocycles. The molecule has 24 heavy (non-hydrogen) atoms. The molecule has 128 valence electrons. The van der Waals surface area contributed by atoms with Gasteiger partial charge in [0.25, 0.3) is 0 Å². The van der Waals surface area contributed by atoms with Crippen molar-refractivity contribution in [2.45, 2.75) is 59.3 Å². The van der Waals surface area contributed by atoms with Gasteiger partial charge in [-0.05, 0) is 55.0 Å². The third-order valence-corrected chi connectivity index (χ3v) is 4.76. The van der Waals surface area contributed by atoms with Crippen molar-refractivity contribution >= 4 is 11.4 Å². The zero-order chi connectivity index (χ0) is 17.4. The molecule has 0 saturated heterocycles. The van der Waals surface area contributed by atoms with Crippen LogP contribution >= 0.6 is 0 Å². The molecular weight excluding hydrogens is 290 g/mol. The third-order valence-electron chi connectivity index (χ3n) is 4.76. The predicted octanol–water partition coefficient (Wildman–Crippen LogP) is 6.90. The molecule has 1 N–H and O–H groups in total. The molecule has 0 aliphatic carbocycles. The van der Waals surface area contributed by atoms with Crippen molar-refractivity contribution in [2.75, 3.05) is 5.32 Å². The Morgan fingerprint density at radius 1 is 0.917 bits per heavy atom. The molecule has 1 nitrogen and oxygen atoms in total. The molecule has 0 unspecified atom stereocenters. The van der Waals surface area contributed by atoms with Crippen molar-refractivity contribution in [1.29, 1.82) is 0 Å². The van der Waals surface area contributed by atoms with Crippen molar-refractivity contribution in [3.63, 3.8) is 0 Å². The molecule has 1 heteroatoms. The summed E-state index contributed by atoms with van der Waals surface area (Å²) >= 11 is 0. The zero-order valence-electron chi connectivity index (χ0n) is 15.5. The van der Waals surface area contributed by atoms with Gasteiger partial charge in [-0.2, -0.15) is 0 Å². The number of nitrogens with one attached hydrogen (secondary N) is 1. The van der Waals surface area contributed by atoms with Crippen LogP contribution in [0.25, 0.3) is 5.70 Å². The van der Waals surface area contributed by atoms with Gasteiger partial charge >= 0.3 is 0 Å². The second-order valence-electron chi connectivity index (χ2n) is 6.71. The number of benzene rings is 2. The van der Waals surface area contributed by atoms with Crippen molar-refractivity contribution in [3.05, 3.63) is 71.3 Å². The van der Waals surface area contributed by atoms with Crippen LogP contribution in [0, 0.1) is 13.8 Å². The van der Waals surface area contributed by atoms with E-state index >= 15 is 0 Å². The molecule has 0 heterocycles. The number of rotatable bonds is 9. The first-order valence-electron chi connectivity index (χ1n) is 9.23. The summed E-state index contributed by atoms with van der Waals surface area (Å²) in [5.41, 5.74) is 7.26. The van der Waals surface area contributed by atoms with E-state index in [9.17, 15) is 0 Å². The molecule has 0 radical (unpaired) electrons. The van der Waals surface area contributed by atoms with Crippen LogP contribution in [0.5, 0.6) is 0 Å². The van der Waals surface area contributed by atoms with E-state index in [1.54, 1.807) is 0 Å². The molecule has 0 fully saturated rings. The molecule has 2 aromatic rings. The number of anilines is 1. The maximum Gasteiger partial charge on any atom is 0.0416 e. The molecule has 2 rings (SSSR count). The van der Waals surface area contributed by atoms with Crippen molar-refractivity contribution in [1.82, 2.24) is 0 Å².